The molecular formula is C24H29ClN2O3. The minimum atomic E-state index is -1.05. The minimum Gasteiger partial charge on any atom is -0.506 e. The number of nitrogens with one attached hydrogen (secondary N) is 1. The number of aromatic nitrogens is 1. The van der Waals surface area contributed by atoms with E-state index in [4.69, 9.17) is 0 Å². The van der Waals surface area contributed by atoms with Gasteiger partial charge in [-0.25, -0.2) is 0 Å². The quantitative estimate of drug-likeness (QED) is 0.561. The highest BCUT2D eigenvalue weighted by Crippen LogP contribution is 2.28. The lowest BCUT2D eigenvalue weighted by Gasteiger charge is -2.20. The Morgan fingerprint density at radius 3 is 2.30 bits per heavy atom. The molecule has 3 N–H and O–H groups in total. The summed E-state index contributed by atoms with van der Waals surface area (Å²) in [7, 11) is 0. The average molecular weight is 429 g/mol. The van der Waals surface area contributed by atoms with Crippen LogP contribution in [0.5, 0.6) is 5.75 Å². The molecule has 1 heterocycles. The van der Waals surface area contributed by atoms with Crippen LogP contribution < -0.4 is 10.9 Å². The summed E-state index contributed by atoms with van der Waals surface area (Å²) in [6.45, 7) is 4.63. The molecule has 0 fully saturated rings. The van der Waals surface area contributed by atoms with Gasteiger partial charge in [0.25, 0.3) is 5.56 Å². The van der Waals surface area contributed by atoms with E-state index in [1.807, 2.05) is 6.07 Å². The lowest BCUT2D eigenvalue weighted by atomic mass is 9.97. The molecule has 1 atom stereocenters. The van der Waals surface area contributed by atoms with Gasteiger partial charge in [0, 0.05) is 24.0 Å². The number of para-hydroxylation sites is 1. The fourth-order valence-corrected chi connectivity index (χ4v) is 4.53. The number of aliphatic hydroxyl groups is 1. The van der Waals surface area contributed by atoms with E-state index >= 15 is 0 Å². The standard InChI is InChI=1S/C24H28N2O3.ClH/c1-3-15-10-18-12-20(13-19(18)11-16(15)4-2)25-14-23(29)26-22(28)9-8-17-6-5-7-21(27)24(17)26;/h5-11,20,23,25,27,29H,3-4,12-14H2,1-2H3;1H. The molecule has 0 saturated heterocycles. The Balaban J connectivity index is 0.00000256. The molecule has 3 aromatic rings. The van der Waals surface area contributed by atoms with Gasteiger partial charge in [0.15, 0.2) is 0 Å². The monoisotopic (exact) mass is 428 g/mol. The average Bonchev–Trinajstić information content (AvgIpc) is 3.13. The highest BCUT2D eigenvalue weighted by Gasteiger charge is 2.24. The van der Waals surface area contributed by atoms with Gasteiger partial charge in [0.2, 0.25) is 0 Å². The molecule has 0 aliphatic heterocycles. The van der Waals surface area contributed by atoms with Crippen molar-refractivity contribution in [1.82, 2.24) is 9.88 Å². The number of hydrogen-bond acceptors (Lipinski definition) is 4. The van der Waals surface area contributed by atoms with Crippen molar-refractivity contribution in [2.45, 2.75) is 51.8 Å². The number of fused-ring (bicyclic) bond motifs is 2. The number of pyridine rings is 1. The van der Waals surface area contributed by atoms with Crippen LogP contribution in [0.15, 0.2) is 47.3 Å². The lowest BCUT2D eigenvalue weighted by Crippen LogP contribution is -2.37. The number of halogens is 1. The number of phenolic OH excluding ortho intramolecular Hbond substituents is 1. The van der Waals surface area contributed by atoms with Gasteiger partial charge >= 0.3 is 0 Å². The van der Waals surface area contributed by atoms with E-state index in [9.17, 15) is 15.0 Å². The Morgan fingerprint density at radius 2 is 1.70 bits per heavy atom. The maximum Gasteiger partial charge on any atom is 0.253 e. The molecule has 1 aromatic heterocycles. The van der Waals surface area contributed by atoms with Crippen LogP contribution in [0, 0.1) is 0 Å². The zero-order chi connectivity index (χ0) is 20.5. The van der Waals surface area contributed by atoms with Crippen molar-refractivity contribution < 1.29 is 10.2 Å². The second-order valence-corrected chi connectivity index (χ2v) is 7.85. The summed E-state index contributed by atoms with van der Waals surface area (Å²) in [5, 5.41) is 25.1. The predicted molar refractivity (Wildman–Crippen MR) is 123 cm³/mol. The van der Waals surface area contributed by atoms with Crippen LogP contribution in [-0.4, -0.2) is 27.4 Å². The molecule has 4 rings (SSSR count). The van der Waals surface area contributed by atoms with Crippen LogP contribution in [0.1, 0.15) is 42.3 Å². The molecule has 0 radical (unpaired) electrons. The summed E-state index contributed by atoms with van der Waals surface area (Å²) in [5.74, 6) is -0.00767. The summed E-state index contributed by atoms with van der Waals surface area (Å²) in [6.07, 6.45) is 2.88. The van der Waals surface area contributed by atoms with Gasteiger partial charge in [0.05, 0.1) is 5.52 Å². The van der Waals surface area contributed by atoms with Gasteiger partial charge in [-0.3, -0.25) is 9.36 Å². The zero-order valence-corrected chi connectivity index (χ0v) is 18.2. The van der Waals surface area contributed by atoms with Crippen LogP contribution in [0.25, 0.3) is 10.9 Å². The smallest absolute Gasteiger partial charge is 0.253 e. The van der Waals surface area contributed by atoms with Gasteiger partial charge in [-0.1, -0.05) is 38.1 Å². The number of hydrogen-bond donors (Lipinski definition) is 3. The number of rotatable bonds is 6. The first-order valence-electron chi connectivity index (χ1n) is 10.4. The zero-order valence-electron chi connectivity index (χ0n) is 17.4. The SMILES string of the molecule is CCc1cc2c(cc1CC)CC(NCC(O)n1c(=O)ccc3cccc(O)c31)C2.Cl. The maximum atomic E-state index is 12.4. The number of aryl methyl sites for hydroxylation is 2. The van der Waals surface area contributed by atoms with Gasteiger partial charge in [0.1, 0.15) is 12.0 Å². The van der Waals surface area contributed by atoms with Gasteiger partial charge in [-0.15, -0.1) is 12.4 Å². The third-order valence-electron chi connectivity index (χ3n) is 6.03. The highest BCUT2D eigenvalue weighted by atomic mass is 35.5. The lowest BCUT2D eigenvalue weighted by molar-refractivity contribution is 0.1000. The van der Waals surface area contributed by atoms with Crippen molar-refractivity contribution in [3.8, 4) is 5.75 Å². The van der Waals surface area contributed by atoms with E-state index in [0.29, 0.717) is 5.52 Å². The minimum absolute atomic E-state index is 0. The van der Waals surface area contributed by atoms with Gasteiger partial charge in [-0.2, -0.15) is 0 Å². The molecule has 2 aromatic carbocycles. The van der Waals surface area contributed by atoms with Crippen molar-refractivity contribution in [1.29, 1.82) is 0 Å². The van der Waals surface area contributed by atoms with Crippen LogP contribution in [0.3, 0.4) is 0 Å². The van der Waals surface area contributed by atoms with Crippen molar-refractivity contribution in [2.75, 3.05) is 6.54 Å². The number of phenols is 1. The second-order valence-electron chi connectivity index (χ2n) is 7.85. The Labute approximate surface area is 182 Å². The van der Waals surface area contributed by atoms with Crippen molar-refractivity contribution in [3.05, 3.63) is 75.1 Å². The largest absolute Gasteiger partial charge is 0.506 e. The molecule has 1 unspecified atom stereocenters. The molecular weight excluding hydrogens is 400 g/mol. The Bertz CT molecular complexity index is 1080. The molecule has 1 aliphatic rings. The number of nitrogens with zero attached hydrogens (tertiary/aromatic N) is 1. The molecule has 5 nitrogen and oxygen atoms in total. The molecule has 6 heteroatoms. The maximum absolute atomic E-state index is 12.4. The molecule has 0 spiro atoms. The second kappa shape index (κ2) is 9.21. The van der Waals surface area contributed by atoms with Crippen LogP contribution in [-0.2, 0) is 25.7 Å². The number of benzene rings is 2. The van der Waals surface area contributed by atoms with Crippen LogP contribution >= 0.6 is 12.4 Å². The topological polar surface area (TPSA) is 74.5 Å². The fraction of sp³-hybridized carbons (Fsp3) is 0.375. The summed E-state index contributed by atoms with van der Waals surface area (Å²) in [6, 6.07) is 13.1. The third kappa shape index (κ3) is 4.10. The molecule has 0 bridgehead atoms. The molecule has 1 aliphatic carbocycles. The fourth-order valence-electron chi connectivity index (χ4n) is 4.53. The van der Waals surface area contributed by atoms with E-state index in [2.05, 4.69) is 31.3 Å². The predicted octanol–water partition coefficient (Wildman–Crippen LogP) is 3.50. The van der Waals surface area contributed by atoms with Crippen LogP contribution in [0.2, 0.25) is 0 Å². The highest BCUT2D eigenvalue weighted by molar-refractivity contribution is 5.85. The summed E-state index contributed by atoms with van der Waals surface area (Å²) < 4.78 is 1.27. The Hall–Kier alpha value is -2.34. The van der Waals surface area contributed by atoms with Gasteiger partial charge in [-0.05, 0) is 60.1 Å². The normalized spacial score (nSPS) is 14.5. The van der Waals surface area contributed by atoms with E-state index in [1.54, 1.807) is 12.1 Å². The summed E-state index contributed by atoms with van der Waals surface area (Å²) in [5.41, 5.74) is 5.64. The van der Waals surface area contributed by atoms with Gasteiger partial charge < -0.3 is 15.5 Å². The van der Waals surface area contributed by atoms with E-state index in [-0.39, 0.29) is 36.3 Å². The van der Waals surface area contributed by atoms with E-state index < -0.39 is 6.23 Å². The molecule has 0 amide bonds. The summed E-state index contributed by atoms with van der Waals surface area (Å²) in [4.78, 5) is 12.4. The first-order chi connectivity index (χ1) is 14.0. The number of aliphatic hydroxyl groups excluding tert-OH is 1. The third-order valence-corrected chi connectivity index (χ3v) is 6.03. The van der Waals surface area contributed by atoms with Crippen molar-refractivity contribution in [3.63, 3.8) is 0 Å². The first kappa shape index (κ1) is 22.3. The van der Waals surface area contributed by atoms with E-state index in [0.717, 1.165) is 31.1 Å². The van der Waals surface area contributed by atoms with Crippen molar-refractivity contribution in [2.24, 2.45) is 0 Å². The molecule has 160 valence electrons. The summed E-state index contributed by atoms with van der Waals surface area (Å²) >= 11 is 0. The van der Waals surface area contributed by atoms with Crippen LogP contribution in [0.4, 0.5) is 0 Å². The van der Waals surface area contributed by atoms with E-state index in [1.165, 1.54) is 39.0 Å². The van der Waals surface area contributed by atoms with Crippen molar-refractivity contribution >= 4 is 23.3 Å². The Kier molecular flexibility index (Phi) is 6.86. The molecule has 0 saturated carbocycles. The molecule has 30 heavy (non-hydrogen) atoms. The number of aromatic hydroxyl groups is 1. The Morgan fingerprint density at radius 1 is 1.07 bits per heavy atom. The first-order valence-corrected chi connectivity index (χ1v) is 10.4.